The van der Waals surface area contributed by atoms with E-state index in [2.05, 4.69) is 10.1 Å². The van der Waals surface area contributed by atoms with Crippen molar-refractivity contribution >= 4 is 21.4 Å². The molecule has 5 nitrogen and oxygen atoms in total. The lowest BCUT2D eigenvalue weighted by Crippen LogP contribution is -2.16. The number of nitrogens with two attached hydrogens (primary N) is 1. The van der Waals surface area contributed by atoms with Crippen molar-refractivity contribution in [1.29, 1.82) is 0 Å². The van der Waals surface area contributed by atoms with E-state index in [1.165, 1.54) is 0 Å². The summed E-state index contributed by atoms with van der Waals surface area (Å²) in [6.45, 7) is 2.04. The van der Waals surface area contributed by atoms with Crippen molar-refractivity contribution in [2.24, 2.45) is 5.84 Å². The van der Waals surface area contributed by atoms with Crippen molar-refractivity contribution < 1.29 is 8.42 Å². The maximum Gasteiger partial charge on any atom is 0.232 e. The number of hydrogen-bond donors (Lipinski definition) is 3. The van der Waals surface area contributed by atoms with Gasteiger partial charge in [0, 0.05) is 11.4 Å². The Bertz CT molecular complexity index is 429. The van der Waals surface area contributed by atoms with E-state index in [1.807, 2.05) is 6.92 Å². The molecular weight excluding hydrogens is 238 g/mol. The Balaban J connectivity index is 2.56. The van der Waals surface area contributed by atoms with Gasteiger partial charge in [-0.2, -0.15) is 0 Å². The van der Waals surface area contributed by atoms with Crippen molar-refractivity contribution in [3.05, 3.63) is 24.3 Å². The minimum absolute atomic E-state index is 0.164. The van der Waals surface area contributed by atoms with Crippen LogP contribution in [-0.4, -0.2) is 14.2 Å². The normalized spacial score (nSPS) is 11.2. The first-order valence-corrected chi connectivity index (χ1v) is 7.30. The third-order valence-electron chi connectivity index (χ3n) is 2.34. The molecule has 0 aliphatic rings. The highest BCUT2D eigenvalue weighted by atomic mass is 32.2. The number of nitrogen functional groups attached to an aromatic ring is 1. The Kier molecular flexibility index (Phi) is 5.24. The second-order valence-corrected chi connectivity index (χ2v) is 5.69. The molecule has 96 valence electrons. The van der Waals surface area contributed by atoms with E-state index >= 15 is 0 Å². The number of hydrogen-bond acceptors (Lipinski definition) is 4. The zero-order chi connectivity index (χ0) is 12.7. The van der Waals surface area contributed by atoms with Crippen LogP contribution >= 0.6 is 0 Å². The molecule has 1 aromatic rings. The standard InChI is InChI=1S/C11H19N3O2S/c1-2-3-4-9-17(15,16)14-11-7-5-10(13-12)6-8-11/h5-8,13-14H,2-4,9,12H2,1H3. The van der Waals surface area contributed by atoms with Gasteiger partial charge < -0.3 is 5.43 Å². The van der Waals surface area contributed by atoms with E-state index in [0.717, 1.165) is 18.5 Å². The summed E-state index contributed by atoms with van der Waals surface area (Å²) in [5.74, 6) is 5.38. The third kappa shape index (κ3) is 5.06. The number of rotatable bonds is 7. The van der Waals surface area contributed by atoms with Gasteiger partial charge in [0.15, 0.2) is 0 Å². The van der Waals surface area contributed by atoms with Crippen LogP contribution in [0.4, 0.5) is 11.4 Å². The Morgan fingerprint density at radius 3 is 2.24 bits per heavy atom. The van der Waals surface area contributed by atoms with E-state index in [-0.39, 0.29) is 5.75 Å². The van der Waals surface area contributed by atoms with Gasteiger partial charge in [-0.15, -0.1) is 0 Å². The van der Waals surface area contributed by atoms with Gasteiger partial charge in [0.25, 0.3) is 0 Å². The number of benzene rings is 1. The minimum atomic E-state index is -3.23. The molecule has 0 bridgehead atoms. The van der Waals surface area contributed by atoms with E-state index in [0.29, 0.717) is 12.1 Å². The third-order valence-corrected chi connectivity index (χ3v) is 3.71. The second kappa shape index (κ2) is 6.46. The largest absolute Gasteiger partial charge is 0.324 e. The van der Waals surface area contributed by atoms with Gasteiger partial charge in [0.05, 0.1) is 5.75 Å². The van der Waals surface area contributed by atoms with E-state index in [4.69, 9.17) is 5.84 Å². The van der Waals surface area contributed by atoms with E-state index in [1.54, 1.807) is 24.3 Å². The van der Waals surface area contributed by atoms with Crippen LogP contribution in [0, 0.1) is 0 Å². The van der Waals surface area contributed by atoms with Crippen molar-refractivity contribution in [2.45, 2.75) is 26.2 Å². The molecule has 0 fully saturated rings. The average molecular weight is 257 g/mol. The topological polar surface area (TPSA) is 84.2 Å². The molecule has 1 rings (SSSR count). The fourth-order valence-electron chi connectivity index (χ4n) is 1.41. The Morgan fingerprint density at radius 2 is 1.71 bits per heavy atom. The maximum absolute atomic E-state index is 11.7. The average Bonchev–Trinajstić information content (AvgIpc) is 2.30. The predicted octanol–water partition coefficient (Wildman–Crippen LogP) is 1.90. The van der Waals surface area contributed by atoms with Crippen LogP contribution < -0.4 is 16.0 Å². The molecule has 0 spiro atoms. The summed E-state index contributed by atoms with van der Waals surface area (Å²) < 4.78 is 25.9. The molecule has 0 heterocycles. The summed E-state index contributed by atoms with van der Waals surface area (Å²) >= 11 is 0. The summed E-state index contributed by atoms with van der Waals surface area (Å²) in [6.07, 6.45) is 2.62. The number of sulfonamides is 1. The molecule has 1 aromatic carbocycles. The highest BCUT2D eigenvalue weighted by molar-refractivity contribution is 7.92. The van der Waals surface area contributed by atoms with Crippen molar-refractivity contribution in [1.82, 2.24) is 0 Å². The summed E-state index contributed by atoms with van der Waals surface area (Å²) in [5, 5.41) is 0. The van der Waals surface area contributed by atoms with Crippen LogP contribution in [0.3, 0.4) is 0 Å². The maximum atomic E-state index is 11.7. The number of nitrogens with one attached hydrogen (secondary N) is 2. The Morgan fingerprint density at radius 1 is 1.12 bits per heavy atom. The zero-order valence-corrected chi connectivity index (χ0v) is 10.8. The highest BCUT2D eigenvalue weighted by Crippen LogP contribution is 2.14. The summed E-state index contributed by atoms with van der Waals surface area (Å²) in [7, 11) is -3.23. The Labute approximate surface area is 102 Å². The van der Waals surface area contributed by atoms with Gasteiger partial charge in [-0.1, -0.05) is 19.8 Å². The summed E-state index contributed by atoms with van der Waals surface area (Å²) in [5.41, 5.74) is 3.77. The molecule has 4 N–H and O–H groups in total. The molecule has 0 aliphatic heterocycles. The van der Waals surface area contributed by atoms with E-state index in [9.17, 15) is 8.42 Å². The van der Waals surface area contributed by atoms with Crippen molar-refractivity contribution in [2.75, 3.05) is 15.9 Å². The number of hydrazine groups is 1. The summed E-state index contributed by atoms with van der Waals surface area (Å²) in [6, 6.07) is 6.77. The van der Waals surface area contributed by atoms with Crippen molar-refractivity contribution in [3.63, 3.8) is 0 Å². The first-order chi connectivity index (χ1) is 8.07. The minimum Gasteiger partial charge on any atom is -0.324 e. The van der Waals surface area contributed by atoms with Crippen LogP contribution in [0.15, 0.2) is 24.3 Å². The molecule has 0 aromatic heterocycles. The highest BCUT2D eigenvalue weighted by Gasteiger charge is 2.09. The van der Waals surface area contributed by atoms with Crippen LogP contribution in [0.25, 0.3) is 0 Å². The van der Waals surface area contributed by atoms with Crippen LogP contribution in [0.2, 0.25) is 0 Å². The second-order valence-electron chi connectivity index (χ2n) is 3.85. The number of anilines is 2. The monoisotopic (exact) mass is 257 g/mol. The van der Waals surface area contributed by atoms with Crippen molar-refractivity contribution in [3.8, 4) is 0 Å². The van der Waals surface area contributed by atoms with Gasteiger partial charge in [-0.3, -0.25) is 10.6 Å². The molecule has 0 amide bonds. The van der Waals surface area contributed by atoms with Gasteiger partial charge in [0.1, 0.15) is 0 Å². The lowest BCUT2D eigenvalue weighted by Gasteiger charge is -2.08. The smallest absolute Gasteiger partial charge is 0.232 e. The summed E-state index contributed by atoms with van der Waals surface area (Å²) in [4.78, 5) is 0. The first kappa shape index (κ1) is 13.8. The molecule has 0 radical (unpaired) electrons. The Hall–Kier alpha value is -1.27. The van der Waals surface area contributed by atoms with Gasteiger partial charge in [0.2, 0.25) is 10.0 Å². The predicted molar refractivity (Wildman–Crippen MR) is 71.2 cm³/mol. The van der Waals surface area contributed by atoms with Gasteiger partial charge in [-0.05, 0) is 30.7 Å². The molecule has 17 heavy (non-hydrogen) atoms. The molecule has 0 aliphatic carbocycles. The number of unbranched alkanes of at least 4 members (excludes halogenated alkanes) is 2. The quantitative estimate of drug-likeness (QED) is 0.396. The zero-order valence-electron chi connectivity index (χ0n) is 9.94. The molecule has 6 heteroatoms. The SMILES string of the molecule is CCCCCS(=O)(=O)Nc1ccc(NN)cc1. The lowest BCUT2D eigenvalue weighted by atomic mass is 10.3. The van der Waals surface area contributed by atoms with Gasteiger partial charge in [-0.25, -0.2) is 8.42 Å². The van der Waals surface area contributed by atoms with Crippen LogP contribution in [0.1, 0.15) is 26.2 Å². The molecule has 0 saturated heterocycles. The van der Waals surface area contributed by atoms with Crippen LogP contribution in [0.5, 0.6) is 0 Å². The molecule has 0 unspecified atom stereocenters. The van der Waals surface area contributed by atoms with Crippen LogP contribution in [-0.2, 0) is 10.0 Å². The van der Waals surface area contributed by atoms with Gasteiger partial charge >= 0.3 is 0 Å². The molecule has 0 atom stereocenters. The van der Waals surface area contributed by atoms with E-state index < -0.39 is 10.0 Å². The fourth-order valence-corrected chi connectivity index (χ4v) is 2.59. The molecular formula is C11H19N3O2S. The molecule has 0 saturated carbocycles. The first-order valence-electron chi connectivity index (χ1n) is 5.64. The lowest BCUT2D eigenvalue weighted by molar-refractivity contribution is 0.596. The fraction of sp³-hybridized carbons (Fsp3) is 0.455.